The fourth-order valence-corrected chi connectivity index (χ4v) is 1.27. The molecule has 1 heterocycles. The molecule has 0 aliphatic carbocycles. The summed E-state index contributed by atoms with van der Waals surface area (Å²) in [6, 6.07) is -1.28. The summed E-state index contributed by atoms with van der Waals surface area (Å²) in [5.41, 5.74) is 0.329. The first-order chi connectivity index (χ1) is 8.41. The van der Waals surface area contributed by atoms with Crippen molar-refractivity contribution in [2.24, 2.45) is 0 Å². The van der Waals surface area contributed by atoms with E-state index in [-0.39, 0.29) is 18.6 Å². The molecule has 0 saturated heterocycles. The summed E-state index contributed by atoms with van der Waals surface area (Å²) in [6.07, 6.45) is 0.507. The predicted molar refractivity (Wildman–Crippen MR) is 57.0 cm³/mol. The van der Waals surface area contributed by atoms with Crippen LogP contribution < -0.4 is 5.32 Å². The number of carbonyl (C=O) groups is 3. The molecule has 3 N–H and O–H groups in total. The van der Waals surface area contributed by atoms with Crippen molar-refractivity contribution in [1.82, 2.24) is 10.3 Å². The lowest BCUT2D eigenvalue weighted by atomic mass is 10.1. The SMILES string of the molecule is Cc1ncoc1C(=O)N[C@@H](CCC(=O)O)C(=O)O. The van der Waals surface area contributed by atoms with Crippen LogP contribution in [0.1, 0.15) is 29.1 Å². The molecular formula is C10H12N2O6. The second-order valence-corrected chi connectivity index (χ2v) is 3.56. The fraction of sp³-hybridized carbons (Fsp3) is 0.400. The minimum absolute atomic E-state index is 0.0865. The van der Waals surface area contributed by atoms with Crippen LogP contribution in [0.2, 0.25) is 0 Å². The van der Waals surface area contributed by atoms with E-state index in [0.717, 1.165) is 6.39 Å². The molecule has 0 saturated carbocycles. The van der Waals surface area contributed by atoms with Gasteiger partial charge in [-0.3, -0.25) is 9.59 Å². The highest BCUT2D eigenvalue weighted by Crippen LogP contribution is 2.06. The quantitative estimate of drug-likeness (QED) is 0.654. The van der Waals surface area contributed by atoms with Gasteiger partial charge in [-0.1, -0.05) is 0 Å². The maximum absolute atomic E-state index is 11.6. The van der Waals surface area contributed by atoms with Crippen molar-refractivity contribution >= 4 is 17.8 Å². The molecule has 0 spiro atoms. The molecule has 0 fully saturated rings. The molecule has 1 amide bonds. The molecular weight excluding hydrogens is 244 g/mol. The van der Waals surface area contributed by atoms with Crippen LogP contribution in [0.4, 0.5) is 0 Å². The molecule has 8 heteroatoms. The molecule has 1 rings (SSSR count). The zero-order chi connectivity index (χ0) is 13.7. The summed E-state index contributed by atoms with van der Waals surface area (Å²) < 4.78 is 4.80. The number of carboxylic acid groups (broad SMARTS) is 2. The average Bonchev–Trinajstić information content (AvgIpc) is 2.69. The topological polar surface area (TPSA) is 130 Å². The molecule has 1 aromatic heterocycles. The second-order valence-electron chi connectivity index (χ2n) is 3.56. The third-order valence-electron chi connectivity index (χ3n) is 2.20. The largest absolute Gasteiger partial charge is 0.481 e. The zero-order valence-corrected chi connectivity index (χ0v) is 9.54. The van der Waals surface area contributed by atoms with E-state index < -0.39 is 23.9 Å². The van der Waals surface area contributed by atoms with Crippen LogP contribution in [-0.2, 0) is 9.59 Å². The zero-order valence-electron chi connectivity index (χ0n) is 9.54. The van der Waals surface area contributed by atoms with E-state index in [2.05, 4.69) is 10.3 Å². The van der Waals surface area contributed by atoms with E-state index >= 15 is 0 Å². The number of nitrogens with one attached hydrogen (secondary N) is 1. The summed E-state index contributed by atoms with van der Waals surface area (Å²) in [7, 11) is 0. The third kappa shape index (κ3) is 3.58. The van der Waals surface area contributed by atoms with Crippen molar-refractivity contribution in [2.75, 3.05) is 0 Å². The van der Waals surface area contributed by atoms with Crippen molar-refractivity contribution in [2.45, 2.75) is 25.8 Å². The Bertz CT molecular complexity index is 467. The van der Waals surface area contributed by atoms with Crippen LogP contribution in [0, 0.1) is 6.92 Å². The summed E-state index contributed by atoms with van der Waals surface area (Å²) in [5.74, 6) is -3.26. The van der Waals surface area contributed by atoms with Gasteiger partial charge in [0.2, 0.25) is 5.76 Å². The van der Waals surface area contributed by atoms with Gasteiger partial charge >= 0.3 is 11.9 Å². The van der Waals surface area contributed by atoms with Gasteiger partial charge in [-0.2, -0.15) is 0 Å². The number of hydrogen-bond acceptors (Lipinski definition) is 5. The van der Waals surface area contributed by atoms with Gasteiger partial charge < -0.3 is 19.9 Å². The fourth-order valence-electron chi connectivity index (χ4n) is 1.27. The molecule has 1 aromatic rings. The summed E-state index contributed by atoms with van der Waals surface area (Å²) in [4.78, 5) is 36.5. The van der Waals surface area contributed by atoms with Gasteiger partial charge in [0.25, 0.3) is 5.91 Å². The van der Waals surface area contributed by atoms with Gasteiger partial charge in [0.15, 0.2) is 6.39 Å². The molecule has 0 bridgehead atoms. The Balaban J connectivity index is 2.67. The van der Waals surface area contributed by atoms with E-state index in [1.807, 2.05) is 0 Å². The Labute approximate surface area is 102 Å². The number of amides is 1. The maximum Gasteiger partial charge on any atom is 0.326 e. The van der Waals surface area contributed by atoms with Gasteiger partial charge in [0.05, 0.1) is 5.69 Å². The Morgan fingerprint density at radius 1 is 1.44 bits per heavy atom. The highest BCUT2D eigenvalue weighted by atomic mass is 16.4. The lowest BCUT2D eigenvalue weighted by molar-refractivity contribution is -0.140. The Morgan fingerprint density at radius 3 is 2.56 bits per heavy atom. The van der Waals surface area contributed by atoms with Crippen molar-refractivity contribution in [1.29, 1.82) is 0 Å². The molecule has 0 aromatic carbocycles. The van der Waals surface area contributed by atoms with E-state index in [4.69, 9.17) is 14.6 Å². The number of oxazole rings is 1. The number of hydrogen-bond donors (Lipinski definition) is 3. The van der Waals surface area contributed by atoms with Gasteiger partial charge in [0.1, 0.15) is 6.04 Å². The predicted octanol–water partition coefficient (Wildman–Crippen LogP) is 0.0308. The average molecular weight is 256 g/mol. The number of aromatic nitrogens is 1. The molecule has 0 aliphatic heterocycles. The minimum Gasteiger partial charge on any atom is -0.481 e. The summed E-state index contributed by atoms with van der Waals surface area (Å²) in [5, 5.41) is 19.5. The number of carboxylic acids is 2. The first-order valence-electron chi connectivity index (χ1n) is 5.07. The standard InChI is InChI=1S/C10H12N2O6/c1-5-8(18-4-11-5)9(15)12-6(10(16)17)2-3-7(13)14/h4,6H,2-3H2,1H3,(H,12,15)(H,13,14)(H,16,17)/t6-/m0/s1. The van der Waals surface area contributed by atoms with Crippen LogP contribution in [0.25, 0.3) is 0 Å². The molecule has 18 heavy (non-hydrogen) atoms. The van der Waals surface area contributed by atoms with E-state index in [1.54, 1.807) is 0 Å². The lowest BCUT2D eigenvalue weighted by Crippen LogP contribution is -2.41. The Kier molecular flexibility index (Phi) is 4.41. The molecule has 0 unspecified atom stereocenters. The third-order valence-corrected chi connectivity index (χ3v) is 2.20. The number of nitrogens with zero attached hydrogens (tertiary/aromatic N) is 1. The monoisotopic (exact) mass is 256 g/mol. The molecule has 98 valence electrons. The van der Waals surface area contributed by atoms with Crippen molar-refractivity contribution in [3.63, 3.8) is 0 Å². The summed E-state index contributed by atoms with van der Waals surface area (Å²) >= 11 is 0. The first-order valence-corrected chi connectivity index (χ1v) is 5.07. The number of rotatable bonds is 6. The number of carbonyl (C=O) groups excluding carboxylic acids is 1. The minimum atomic E-state index is -1.30. The number of aryl methyl sites for hydroxylation is 1. The van der Waals surface area contributed by atoms with Gasteiger partial charge in [0, 0.05) is 6.42 Å². The van der Waals surface area contributed by atoms with Crippen LogP contribution in [0.5, 0.6) is 0 Å². The van der Waals surface area contributed by atoms with Crippen molar-refractivity contribution in [3.8, 4) is 0 Å². The first kappa shape index (κ1) is 13.7. The van der Waals surface area contributed by atoms with Gasteiger partial charge in [-0.15, -0.1) is 0 Å². The van der Waals surface area contributed by atoms with Gasteiger partial charge in [-0.25, -0.2) is 9.78 Å². The maximum atomic E-state index is 11.6. The van der Waals surface area contributed by atoms with Crippen LogP contribution in [0.15, 0.2) is 10.8 Å². The normalized spacial score (nSPS) is 11.8. The number of aliphatic carboxylic acids is 2. The van der Waals surface area contributed by atoms with Crippen LogP contribution in [-0.4, -0.2) is 39.1 Å². The second kappa shape index (κ2) is 5.80. The smallest absolute Gasteiger partial charge is 0.326 e. The molecule has 1 atom stereocenters. The van der Waals surface area contributed by atoms with Crippen molar-refractivity contribution < 1.29 is 29.0 Å². The van der Waals surface area contributed by atoms with E-state index in [0.29, 0.717) is 5.69 Å². The van der Waals surface area contributed by atoms with Crippen LogP contribution >= 0.6 is 0 Å². The molecule has 0 aliphatic rings. The van der Waals surface area contributed by atoms with Gasteiger partial charge in [-0.05, 0) is 13.3 Å². The lowest BCUT2D eigenvalue weighted by Gasteiger charge is -2.12. The Morgan fingerprint density at radius 2 is 2.11 bits per heavy atom. The highest BCUT2D eigenvalue weighted by Gasteiger charge is 2.24. The van der Waals surface area contributed by atoms with Crippen molar-refractivity contribution in [3.05, 3.63) is 17.8 Å². The Hall–Kier alpha value is -2.38. The molecule has 8 nitrogen and oxygen atoms in total. The van der Waals surface area contributed by atoms with E-state index in [1.165, 1.54) is 6.92 Å². The molecule has 0 radical (unpaired) electrons. The van der Waals surface area contributed by atoms with Crippen LogP contribution in [0.3, 0.4) is 0 Å². The summed E-state index contributed by atoms with van der Waals surface area (Å²) in [6.45, 7) is 1.53. The van der Waals surface area contributed by atoms with E-state index in [9.17, 15) is 14.4 Å². The highest BCUT2D eigenvalue weighted by molar-refractivity contribution is 5.95.